The quantitative estimate of drug-likeness (QED) is 0.480. The van der Waals surface area contributed by atoms with E-state index >= 15 is 0 Å². The third-order valence-electron chi connectivity index (χ3n) is 6.44. The van der Waals surface area contributed by atoms with Crippen LogP contribution in [0.1, 0.15) is 16.7 Å². The monoisotopic (exact) mass is 472 g/mol. The Labute approximate surface area is 199 Å². The molecule has 0 radical (unpaired) electrons. The van der Waals surface area contributed by atoms with E-state index in [1.54, 1.807) is 0 Å². The van der Waals surface area contributed by atoms with Crippen molar-refractivity contribution in [3.05, 3.63) is 108 Å². The largest absolute Gasteiger partial charge is 0.341 e. The SMILES string of the molecule is O=C1NC(Cc2ccccc2)C(=O)[P+]2(NC1Cc1ccccc1)NC(Cc1ccccc1)C2=O. The summed E-state index contributed by atoms with van der Waals surface area (Å²) in [6.07, 6.45) is 1.27. The van der Waals surface area contributed by atoms with E-state index in [0.29, 0.717) is 19.3 Å². The van der Waals surface area contributed by atoms with Gasteiger partial charge in [0, 0.05) is 19.3 Å². The van der Waals surface area contributed by atoms with Gasteiger partial charge in [-0.2, -0.15) is 0 Å². The van der Waals surface area contributed by atoms with E-state index in [4.69, 9.17) is 0 Å². The summed E-state index contributed by atoms with van der Waals surface area (Å²) < 4.78 is 0. The summed E-state index contributed by atoms with van der Waals surface area (Å²) >= 11 is 0. The standard InChI is InChI=1S/C27H26N3O3P/c31-25-22(16-19-10-4-1-5-11-19)29-34(26(32)23(28-25)17-20-12-6-2-7-13-20)27(33)24(30-34)18-21-14-8-3-9-15-21/h1-15,22-24,29-30H,16-18H2/p+1. The fourth-order valence-corrected chi connectivity index (χ4v) is 7.87. The zero-order valence-electron chi connectivity index (χ0n) is 18.7. The van der Waals surface area contributed by atoms with Crippen molar-refractivity contribution < 1.29 is 14.4 Å². The number of nitrogens with one attached hydrogen (secondary N) is 3. The van der Waals surface area contributed by atoms with Gasteiger partial charge in [-0.3, -0.25) is 4.79 Å². The molecule has 2 heterocycles. The van der Waals surface area contributed by atoms with Gasteiger partial charge in [-0.25, -0.2) is 9.59 Å². The highest BCUT2D eigenvalue weighted by atomic mass is 31.2. The van der Waals surface area contributed by atoms with Crippen LogP contribution in [0.3, 0.4) is 0 Å². The minimum atomic E-state index is -3.07. The molecule has 0 aromatic heterocycles. The van der Waals surface area contributed by atoms with Crippen molar-refractivity contribution in [2.24, 2.45) is 0 Å². The molecule has 6 nitrogen and oxygen atoms in total. The number of amides is 1. The molecule has 4 unspecified atom stereocenters. The molecule has 2 fully saturated rings. The molecule has 0 bridgehead atoms. The summed E-state index contributed by atoms with van der Waals surface area (Å²) in [5.41, 5.74) is 2.61. The number of benzene rings is 3. The first-order chi connectivity index (χ1) is 16.5. The zero-order chi connectivity index (χ0) is 23.5. The van der Waals surface area contributed by atoms with Gasteiger partial charge in [0.2, 0.25) is 5.91 Å². The fourth-order valence-electron chi connectivity index (χ4n) is 4.68. The van der Waals surface area contributed by atoms with Crippen molar-refractivity contribution in [2.75, 3.05) is 0 Å². The Hall–Kier alpha value is -3.18. The molecule has 1 amide bonds. The molecular weight excluding hydrogens is 445 g/mol. The maximum atomic E-state index is 13.8. The van der Waals surface area contributed by atoms with Gasteiger partial charge >= 0.3 is 11.0 Å². The maximum Gasteiger partial charge on any atom is 0.333 e. The minimum absolute atomic E-state index is 0.103. The fraction of sp³-hybridized carbons (Fsp3) is 0.222. The van der Waals surface area contributed by atoms with Crippen LogP contribution in [0.2, 0.25) is 0 Å². The molecule has 2 aliphatic heterocycles. The van der Waals surface area contributed by atoms with Crippen molar-refractivity contribution in [3.63, 3.8) is 0 Å². The molecule has 34 heavy (non-hydrogen) atoms. The van der Waals surface area contributed by atoms with Gasteiger partial charge in [0.25, 0.3) is 7.56 Å². The Morgan fingerprint density at radius 3 is 1.38 bits per heavy atom. The van der Waals surface area contributed by atoms with Gasteiger partial charge in [-0.05, 0) is 16.7 Å². The van der Waals surface area contributed by atoms with Crippen molar-refractivity contribution >= 4 is 24.5 Å². The second-order valence-corrected chi connectivity index (χ2v) is 11.6. The lowest BCUT2D eigenvalue weighted by atomic mass is 10.0. The Morgan fingerprint density at radius 2 is 0.912 bits per heavy atom. The second-order valence-electron chi connectivity index (χ2n) is 8.84. The molecule has 3 N–H and O–H groups in total. The van der Waals surface area contributed by atoms with E-state index in [1.165, 1.54) is 0 Å². The Morgan fingerprint density at radius 1 is 0.529 bits per heavy atom. The predicted molar refractivity (Wildman–Crippen MR) is 133 cm³/mol. The van der Waals surface area contributed by atoms with Gasteiger partial charge in [-0.15, -0.1) is 10.2 Å². The first-order valence-corrected chi connectivity index (χ1v) is 13.3. The third-order valence-corrected chi connectivity index (χ3v) is 9.78. The van der Waals surface area contributed by atoms with Crippen LogP contribution in [0.5, 0.6) is 0 Å². The van der Waals surface area contributed by atoms with Crippen LogP contribution in [0.15, 0.2) is 91.0 Å². The van der Waals surface area contributed by atoms with Crippen LogP contribution in [-0.2, 0) is 33.6 Å². The Balaban J connectivity index is 1.43. The average Bonchev–Trinajstić information content (AvgIpc) is 2.97. The summed E-state index contributed by atoms with van der Waals surface area (Å²) in [6, 6.07) is 27.1. The number of carbonyl (C=O) groups excluding carboxylic acids is 3. The second kappa shape index (κ2) is 9.59. The van der Waals surface area contributed by atoms with E-state index in [1.807, 2.05) is 91.0 Å². The highest BCUT2D eigenvalue weighted by Gasteiger charge is 2.71. The molecule has 3 aromatic rings. The Bertz CT molecular complexity index is 1190. The molecule has 2 aliphatic rings. The topological polar surface area (TPSA) is 87.3 Å². The van der Waals surface area contributed by atoms with Crippen molar-refractivity contribution in [1.29, 1.82) is 0 Å². The van der Waals surface area contributed by atoms with Gasteiger partial charge in [0.15, 0.2) is 0 Å². The van der Waals surface area contributed by atoms with Gasteiger partial charge in [0.1, 0.15) is 18.1 Å². The summed E-state index contributed by atoms with van der Waals surface area (Å²) in [4.78, 5) is 40.6. The molecular formula is C27H27N3O3P+. The number of rotatable bonds is 6. The molecule has 0 saturated carbocycles. The predicted octanol–water partition coefficient (Wildman–Crippen LogP) is 3.04. The van der Waals surface area contributed by atoms with E-state index in [2.05, 4.69) is 15.5 Å². The summed E-state index contributed by atoms with van der Waals surface area (Å²) in [5, 5.41) is 9.53. The number of carbonyl (C=O) groups is 3. The summed E-state index contributed by atoms with van der Waals surface area (Å²) in [7, 11) is -3.07. The molecule has 1 spiro atoms. The summed E-state index contributed by atoms with van der Waals surface area (Å²) in [6.45, 7) is 0. The van der Waals surface area contributed by atoms with Gasteiger partial charge in [0.05, 0.1) is 0 Å². The maximum absolute atomic E-state index is 13.8. The third kappa shape index (κ3) is 4.45. The number of hydrogen-bond donors (Lipinski definition) is 3. The normalized spacial score (nSPS) is 26.6. The molecule has 4 atom stereocenters. The molecule has 172 valence electrons. The highest BCUT2D eigenvalue weighted by Crippen LogP contribution is 2.62. The van der Waals surface area contributed by atoms with Crippen LogP contribution >= 0.6 is 7.56 Å². The van der Waals surface area contributed by atoms with E-state index < -0.39 is 25.7 Å². The van der Waals surface area contributed by atoms with Crippen LogP contribution < -0.4 is 15.5 Å². The van der Waals surface area contributed by atoms with Gasteiger partial charge < -0.3 is 5.32 Å². The lowest BCUT2D eigenvalue weighted by Crippen LogP contribution is -2.61. The van der Waals surface area contributed by atoms with E-state index in [0.717, 1.165) is 16.7 Å². The summed E-state index contributed by atoms with van der Waals surface area (Å²) in [5.74, 6) is -0.254. The smallest absolute Gasteiger partial charge is 0.333 e. The van der Waals surface area contributed by atoms with Crippen LogP contribution in [-0.4, -0.2) is 35.1 Å². The van der Waals surface area contributed by atoms with E-state index in [9.17, 15) is 14.4 Å². The highest BCUT2D eigenvalue weighted by molar-refractivity contribution is 8.03. The van der Waals surface area contributed by atoms with Crippen LogP contribution in [0.4, 0.5) is 0 Å². The van der Waals surface area contributed by atoms with Gasteiger partial charge in [-0.1, -0.05) is 91.0 Å². The molecule has 0 aliphatic carbocycles. The van der Waals surface area contributed by atoms with Crippen molar-refractivity contribution in [2.45, 2.75) is 37.4 Å². The van der Waals surface area contributed by atoms with Crippen LogP contribution in [0.25, 0.3) is 0 Å². The zero-order valence-corrected chi connectivity index (χ0v) is 19.6. The molecule has 3 aromatic carbocycles. The minimum Gasteiger partial charge on any atom is -0.341 e. The molecule has 2 saturated heterocycles. The number of hydrogen-bond acceptors (Lipinski definition) is 5. The molecule has 5 rings (SSSR count). The van der Waals surface area contributed by atoms with Crippen molar-refractivity contribution in [3.8, 4) is 0 Å². The molecule has 7 heteroatoms. The van der Waals surface area contributed by atoms with E-state index in [-0.39, 0.29) is 17.0 Å². The average molecular weight is 473 g/mol. The lowest BCUT2D eigenvalue weighted by Gasteiger charge is -2.37. The lowest BCUT2D eigenvalue weighted by molar-refractivity contribution is -0.125. The van der Waals surface area contributed by atoms with Crippen LogP contribution in [0, 0.1) is 0 Å². The first kappa shape index (κ1) is 22.6. The first-order valence-electron chi connectivity index (χ1n) is 11.5. The van der Waals surface area contributed by atoms with Crippen molar-refractivity contribution in [1.82, 2.24) is 15.5 Å². The Kier molecular flexibility index (Phi) is 6.38.